The molecule has 8 nitrogen and oxygen atoms in total. The zero-order chi connectivity index (χ0) is 17.9. The molecule has 136 valence electrons. The first kappa shape index (κ1) is 15.6. The Labute approximate surface area is 149 Å². The second kappa shape index (κ2) is 5.44. The molecule has 8 heteroatoms. The third-order valence-corrected chi connectivity index (χ3v) is 5.58. The molecule has 1 atom stereocenters. The van der Waals surface area contributed by atoms with E-state index in [0.29, 0.717) is 50.7 Å². The Bertz CT molecular complexity index is 963. The zero-order valence-corrected chi connectivity index (χ0v) is 14.6. The minimum atomic E-state index is -0.505. The molecule has 0 N–H and O–H groups in total. The highest BCUT2D eigenvalue weighted by atomic mass is 16.5. The predicted molar refractivity (Wildman–Crippen MR) is 91.1 cm³/mol. The highest BCUT2D eigenvalue weighted by Gasteiger charge is 2.45. The van der Waals surface area contributed by atoms with E-state index in [4.69, 9.17) is 9.47 Å². The molecule has 0 radical (unpaired) electrons. The molecule has 1 aromatic carbocycles. The quantitative estimate of drug-likeness (QED) is 0.736. The van der Waals surface area contributed by atoms with Crippen molar-refractivity contribution in [1.29, 1.82) is 0 Å². The van der Waals surface area contributed by atoms with Crippen molar-refractivity contribution in [3.8, 4) is 5.75 Å². The van der Waals surface area contributed by atoms with Gasteiger partial charge in [-0.25, -0.2) is 9.48 Å². The van der Waals surface area contributed by atoms with Crippen molar-refractivity contribution in [3.63, 3.8) is 0 Å². The second-order valence-electron chi connectivity index (χ2n) is 7.28. The van der Waals surface area contributed by atoms with Gasteiger partial charge in [0.1, 0.15) is 18.0 Å². The number of fused-ring (bicyclic) bond motifs is 2. The highest BCUT2D eigenvalue weighted by Crippen LogP contribution is 2.33. The second-order valence-corrected chi connectivity index (χ2v) is 7.28. The number of benzene rings is 1. The van der Waals surface area contributed by atoms with Gasteiger partial charge in [0.05, 0.1) is 19.7 Å². The van der Waals surface area contributed by atoms with Crippen LogP contribution in [0.3, 0.4) is 0 Å². The van der Waals surface area contributed by atoms with Crippen LogP contribution < -0.4 is 10.4 Å². The summed E-state index contributed by atoms with van der Waals surface area (Å²) in [6.07, 6.45) is 1.56. The molecule has 3 aliphatic rings. The van der Waals surface area contributed by atoms with Crippen LogP contribution in [0.5, 0.6) is 5.75 Å². The lowest BCUT2D eigenvalue weighted by molar-refractivity contribution is -0.0816. The third kappa shape index (κ3) is 2.28. The Morgan fingerprint density at radius 2 is 2.19 bits per heavy atom. The molecule has 0 bridgehead atoms. The van der Waals surface area contributed by atoms with E-state index in [0.717, 1.165) is 17.7 Å². The molecule has 4 heterocycles. The summed E-state index contributed by atoms with van der Waals surface area (Å²) in [7, 11) is 1.64. The van der Waals surface area contributed by atoms with Gasteiger partial charge in [-0.15, -0.1) is 0 Å². The van der Waals surface area contributed by atoms with Gasteiger partial charge in [-0.05, 0) is 30.2 Å². The van der Waals surface area contributed by atoms with Gasteiger partial charge in [0, 0.05) is 25.6 Å². The van der Waals surface area contributed by atoms with E-state index in [2.05, 4.69) is 5.10 Å². The molecule has 1 unspecified atom stereocenters. The van der Waals surface area contributed by atoms with Crippen LogP contribution >= 0.6 is 0 Å². The van der Waals surface area contributed by atoms with Gasteiger partial charge in [0.25, 0.3) is 5.91 Å². The molecular formula is C18H20N4O4. The number of ether oxygens (including phenoxy) is 2. The molecule has 1 fully saturated rings. The monoisotopic (exact) mass is 356 g/mol. The predicted octanol–water partition coefficient (Wildman–Crippen LogP) is 0.332. The van der Waals surface area contributed by atoms with E-state index < -0.39 is 5.60 Å². The first-order valence-electron chi connectivity index (χ1n) is 8.86. The molecule has 0 aliphatic carbocycles. The van der Waals surface area contributed by atoms with Crippen molar-refractivity contribution in [2.24, 2.45) is 7.05 Å². The van der Waals surface area contributed by atoms with Crippen molar-refractivity contribution >= 4 is 5.91 Å². The van der Waals surface area contributed by atoms with Crippen LogP contribution in [0, 0.1) is 0 Å². The average molecular weight is 356 g/mol. The summed E-state index contributed by atoms with van der Waals surface area (Å²) in [6.45, 7) is 2.53. The zero-order valence-electron chi connectivity index (χ0n) is 14.6. The molecule has 1 saturated heterocycles. The third-order valence-electron chi connectivity index (χ3n) is 5.58. The van der Waals surface area contributed by atoms with Crippen molar-refractivity contribution < 1.29 is 14.3 Å². The van der Waals surface area contributed by atoms with Gasteiger partial charge in [0.2, 0.25) is 0 Å². The normalized spacial score (nSPS) is 23.8. The lowest BCUT2D eigenvalue weighted by atomic mass is 10.0. The van der Waals surface area contributed by atoms with Crippen LogP contribution in [0.25, 0.3) is 0 Å². The Balaban J connectivity index is 1.37. The number of nitrogens with zero attached hydrogens (tertiary/aromatic N) is 4. The van der Waals surface area contributed by atoms with Gasteiger partial charge in [-0.1, -0.05) is 0 Å². The van der Waals surface area contributed by atoms with Gasteiger partial charge >= 0.3 is 5.69 Å². The maximum atomic E-state index is 12.9. The van der Waals surface area contributed by atoms with Crippen LogP contribution in [0.1, 0.15) is 28.2 Å². The minimum absolute atomic E-state index is 0.00417. The molecular weight excluding hydrogens is 336 g/mol. The number of likely N-dealkylation sites (tertiary alicyclic amines) is 1. The van der Waals surface area contributed by atoms with E-state index in [-0.39, 0.29) is 11.6 Å². The van der Waals surface area contributed by atoms with Crippen molar-refractivity contribution in [2.45, 2.75) is 31.6 Å². The summed E-state index contributed by atoms with van der Waals surface area (Å²) in [6, 6.07) is 5.63. The summed E-state index contributed by atoms with van der Waals surface area (Å²) in [5, 5.41) is 4.19. The Hall–Kier alpha value is -2.61. The molecule has 1 amide bonds. The first-order chi connectivity index (χ1) is 12.5. The Morgan fingerprint density at radius 3 is 3.08 bits per heavy atom. The Kier molecular flexibility index (Phi) is 3.27. The van der Waals surface area contributed by atoms with Crippen LogP contribution in [0.4, 0.5) is 0 Å². The van der Waals surface area contributed by atoms with E-state index in [1.807, 2.05) is 23.1 Å². The van der Waals surface area contributed by atoms with E-state index in [1.54, 1.807) is 11.6 Å². The van der Waals surface area contributed by atoms with Crippen LogP contribution in [-0.2, 0) is 31.4 Å². The van der Waals surface area contributed by atoms with Crippen molar-refractivity contribution in [2.75, 3.05) is 19.7 Å². The van der Waals surface area contributed by atoms with Gasteiger partial charge in [-0.3, -0.25) is 9.36 Å². The topological polar surface area (TPSA) is 78.6 Å². The minimum Gasteiger partial charge on any atom is -0.493 e. The molecule has 1 aromatic heterocycles. The van der Waals surface area contributed by atoms with Gasteiger partial charge < -0.3 is 14.4 Å². The van der Waals surface area contributed by atoms with Crippen LogP contribution in [0.15, 0.2) is 23.0 Å². The number of carbonyl (C=O) groups is 1. The number of aryl methyl sites for hydroxylation is 1. The number of hydrogen-bond donors (Lipinski definition) is 0. The van der Waals surface area contributed by atoms with Gasteiger partial charge in [-0.2, -0.15) is 5.10 Å². The van der Waals surface area contributed by atoms with E-state index in [9.17, 15) is 9.59 Å². The number of carbonyl (C=O) groups excluding carboxylic acids is 1. The fourth-order valence-electron chi connectivity index (χ4n) is 4.14. The van der Waals surface area contributed by atoms with Crippen LogP contribution in [0.2, 0.25) is 0 Å². The highest BCUT2D eigenvalue weighted by molar-refractivity contribution is 5.95. The van der Waals surface area contributed by atoms with E-state index >= 15 is 0 Å². The first-order valence-corrected chi connectivity index (χ1v) is 8.86. The van der Waals surface area contributed by atoms with E-state index in [1.165, 1.54) is 4.68 Å². The molecule has 0 saturated carbocycles. The molecule has 2 aromatic rings. The maximum absolute atomic E-state index is 12.9. The summed E-state index contributed by atoms with van der Waals surface area (Å²) in [5.74, 6) is 1.52. The number of amides is 1. The fraction of sp³-hybridized carbons (Fsp3) is 0.500. The number of rotatable bonds is 1. The van der Waals surface area contributed by atoms with Gasteiger partial charge in [0.15, 0.2) is 5.82 Å². The molecule has 26 heavy (non-hydrogen) atoms. The van der Waals surface area contributed by atoms with Crippen molar-refractivity contribution in [1.82, 2.24) is 19.2 Å². The standard InChI is InChI=1S/C18H20N4O4/c1-20-17(24)22-11-18(26-9-15(22)19-20)5-6-21(10-18)16(23)13-2-3-14-12(8-13)4-7-25-14/h2-3,8H,4-7,9-11H2,1H3. The summed E-state index contributed by atoms with van der Waals surface area (Å²) < 4.78 is 14.6. The Morgan fingerprint density at radius 1 is 1.31 bits per heavy atom. The maximum Gasteiger partial charge on any atom is 0.345 e. The summed E-state index contributed by atoms with van der Waals surface area (Å²) in [4.78, 5) is 27.0. The smallest absolute Gasteiger partial charge is 0.345 e. The largest absolute Gasteiger partial charge is 0.493 e. The fourth-order valence-corrected chi connectivity index (χ4v) is 4.14. The lowest BCUT2D eigenvalue weighted by Crippen LogP contribution is -2.47. The average Bonchev–Trinajstić information content (AvgIpc) is 3.34. The van der Waals surface area contributed by atoms with Crippen molar-refractivity contribution in [3.05, 3.63) is 45.6 Å². The number of hydrogen-bond acceptors (Lipinski definition) is 5. The summed E-state index contributed by atoms with van der Waals surface area (Å²) in [5.41, 5.74) is 1.13. The SMILES string of the molecule is Cn1nc2n(c1=O)CC1(CCN(C(=O)c3ccc4c(c3)CCO4)C1)OC2. The summed E-state index contributed by atoms with van der Waals surface area (Å²) >= 11 is 0. The van der Waals surface area contributed by atoms with Crippen LogP contribution in [-0.4, -0.2) is 50.5 Å². The molecule has 1 spiro atoms. The lowest BCUT2D eigenvalue weighted by Gasteiger charge is -2.33. The molecule has 5 rings (SSSR count). The molecule has 3 aliphatic heterocycles. The number of aromatic nitrogens is 3.